The van der Waals surface area contributed by atoms with E-state index in [0.29, 0.717) is 12.5 Å². The Balaban J connectivity index is 1.39. The first-order valence-electron chi connectivity index (χ1n) is 8.30. The van der Waals surface area contributed by atoms with Gasteiger partial charge in [0.25, 0.3) is 0 Å². The summed E-state index contributed by atoms with van der Waals surface area (Å²) in [5.74, 6) is 3.53. The van der Waals surface area contributed by atoms with Gasteiger partial charge in [0.05, 0.1) is 12.6 Å². The van der Waals surface area contributed by atoms with Crippen LogP contribution in [0.25, 0.3) is 0 Å². The van der Waals surface area contributed by atoms with Gasteiger partial charge in [-0.05, 0) is 43.1 Å². The highest BCUT2D eigenvalue weighted by atomic mass is 16.5. The summed E-state index contributed by atoms with van der Waals surface area (Å²) in [6, 6.07) is 8.18. The Morgan fingerprint density at radius 1 is 1.19 bits per heavy atom. The van der Waals surface area contributed by atoms with Crippen LogP contribution in [0.1, 0.15) is 50.1 Å². The lowest BCUT2D eigenvalue weighted by atomic mass is 9.86. The Hall–Kier alpha value is -1.51. The van der Waals surface area contributed by atoms with Crippen molar-refractivity contribution in [3.63, 3.8) is 0 Å². The first-order chi connectivity index (χ1) is 10.3. The average Bonchev–Trinajstić information content (AvgIpc) is 3.10. The molecule has 1 amide bonds. The normalized spacial score (nSPS) is 33.3. The smallest absolute Gasteiger partial charge is 0.220 e. The highest BCUT2D eigenvalue weighted by Gasteiger charge is 2.40. The van der Waals surface area contributed by atoms with Gasteiger partial charge in [0.15, 0.2) is 0 Å². The molecule has 3 nitrogen and oxygen atoms in total. The molecule has 2 saturated carbocycles. The van der Waals surface area contributed by atoms with Gasteiger partial charge in [0.1, 0.15) is 5.75 Å². The maximum Gasteiger partial charge on any atom is 0.220 e. The molecular weight excluding hydrogens is 262 g/mol. The number of nitrogens with one attached hydrogen (secondary N) is 1. The van der Waals surface area contributed by atoms with Crippen LogP contribution in [-0.4, -0.2) is 12.5 Å². The van der Waals surface area contributed by atoms with E-state index in [0.717, 1.165) is 36.0 Å². The molecule has 2 bridgehead atoms. The molecule has 2 aliphatic carbocycles. The number of rotatable bonds is 3. The summed E-state index contributed by atoms with van der Waals surface area (Å²) in [5, 5.41) is 3.24. The standard InChI is InChI=1S/C18H23NO2/c20-18(11-14-10-12-5-6-13(14)9-12)19-16-7-8-21-17-4-2-1-3-15(16)17/h1-4,12-14,16H,5-11H2,(H,19,20). The van der Waals surface area contributed by atoms with E-state index in [1.807, 2.05) is 18.2 Å². The molecule has 0 spiro atoms. The molecule has 1 aliphatic heterocycles. The van der Waals surface area contributed by atoms with Crippen LogP contribution in [0, 0.1) is 17.8 Å². The van der Waals surface area contributed by atoms with E-state index in [9.17, 15) is 4.79 Å². The molecule has 2 fully saturated rings. The summed E-state index contributed by atoms with van der Waals surface area (Å²) in [6.45, 7) is 0.691. The highest BCUT2D eigenvalue weighted by Crippen LogP contribution is 2.49. The largest absolute Gasteiger partial charge is 0.493 e. The minimum Gasteiger partial charge on any atom is -0.493 e. The lowest BCUT2D eigenvalue weighted by molar-refractivity contribution is -0.123. The van der Waals surface area contributed by atoms with Crippen molar-refractivity contribution in [3.8, 4) is 5.75 Å². The summed E-state index contributed by atoms with van der Waals surface area (Å²) in [7, 11) is 0. The molecule has 21 heavy (non-hydrogen) atoms. The number of ether oxygens (including phenoxy) is 1. The second-order valence-corrected chi connectivity index (χ2v) is 6.93. The molecule has 1 aromatic rings. The molecule has 3 aliphatic rings. The number of benzene rings is 1. The SMILES string of the molecule is O=C(CC1CC2CCC1C2)NC1CCOc2ccccc21. The fourth-order valence-electron chi connectivity index (χ4n) is 4.61. The van der Waals surface area contributed by atoms with Crippen LogP contribution in [0.2, 0.25) is 0 Å². The molecule has 112 valence electrons. The van der Waals surface area contributed by atoms with Crippen LogP contribution in [0.3, 0.4) is 0 Å². The van der Waals surface area contributed by atoms with Gasteiger partial charge in [0.2, 0.25) is 5.91 Å². The third kappa shape index (κ3) is 2.54. The minimum atomic E-state index is 0.126. The fraction of sp³-hybridized carbons (Fsp3) is 0.611. The summed E-state index contributed by atoms with van der Waals surface area (Å²) in [6.07, 6.45) is 7.00. The monoisotopic (exact) mass is 285 g/mol. The zero-order valence-electron chi connectivity index (χ0n) is 12.4. The van der Waals surface area contributed by atoms with Crippen molar-refractivity contribution in [2.24, 2.45) is 17.8 Å². The molecule has 1 heterocycles. The average molecular weight is 285 g/mol. The molecule has 0 aromatic heterocycles. The van der Waals surface area contributed by atoms with Crippen LogP contribution >= 0.6 is 0 Å². The zero-order valence-corrected chi connectivity index (χ0v) is 12.4. The molecular formula is C18H23NO2. The van der Waals surface area contributed by atoms with Crippen LogP contribution in [-0.2, 0) is 4.79 Å². The van der Waals surface area contributed by atoms with E-state index < -0.39 is 0 Å². The lowest BCUT2D eigenvalue weighted by Crippen LogP contribution is -2.33. The molecule has 0 radical (unpaired) electrons. The van der Waals surface area contributed by atoms with Gasteiger partial charge < -0.3 is 10.1 Å². The van der Waals surface area contributed by atoms with Gasteiger partial charge in [-0.25, -0.2) is 0 Å². The van der Waals surface area contributed by atoms with E-state index in [1.54, 1.807) is 0 Å². The molecule has 1 aromatic carbocycles. The van der Waals surface area contributed by atoms with Crippen molar-refractivity contribution in [1.29, 1.82) is 0 Å². The van der Waals surface area contributed by atoms with Crippen LogP contribution in [0.5, 0.6) is 5.75 Å². The molecule has 1 N–H and O–H groups in total. The third-order valence-corrected chi connectivity index (χ3v) is 5.63. The Bertz CT molecular complexity index is 542. The van der Waals surface area contributed by atoms with Crippen molar-refractivity contribution in [3.05, 3.63) is 29.8 Å². The summed E-state index contributed by atoms with van der Waals surface area (Å²) < 4.78 is 5.66. The first kappa shape index (κ1) is 13.2. The number of carbonyl (C=O) groups is 1. The van der Waals surface area contributed by atoms with E-state index in [4.69, 9.17) is 4.74 Å². The van der Waals surface area contributed by atoms with Crippen LogP contribution in [0.15, 0.2) is 24.3 Å². The van der Waals surface area contributed by atoms with E-state index >= 15 is 0 Å². The minimum absolute atomic E-state index is 0.126. The molecule has 3 heteroatoms. The number of hydrogen-bond donors (Lipinski definition) is 1. The Labute approximate surface area is 126 Å². The predicted molar refractivity (Wildman–Crippen MR) is 81.0 cm³/mol. The van der Waals surface area contributed by atoms with Gasteiger partial charge in [-0.2, -0.15) is 0 Å². The fourth-order valence-corrected chi connectivity index (χ4v) is 4.61. The van der Waals surface area contributed by atoms with Gasteiger partial charge in [-0.15, -0.1) is 0 Å². The second-order valence-electron chi connectivity index (χ2n) is 6.93. The van der Waals surface area contributed by atoms with Crippen molar-refractivity contribution in [1.82, 2.24) is 5.32 Å². The molecule has 4 rings (SSSR count). The topological polar surface area (TPSA) is 38.3 Å². The lowest BCUT2D eigenvalue weighted by Gasteiger charge is -2.28. The van der Waals surface area contributed by atoms with Crippen molar-refractivity contribution >= 4 is 5.91 Å². The Morgan fingerprint density at radius 2 is 2.10 bits per heavy atom. The van der Waals surface area contributed by atoms with E-state index in [1.165, 1.54) is 25.7 Å². The van der Waals surface area contributed by atoms with Gasteiger partial charge in [0, 0.05) is 18.4 Å². The third-order valence-electron chi connectivity index (χ3n) is 5.63. The summed E-state index contributed by atoms with van der Waals surface area (Å²) >= 11 is 0. The van der Waals surface area contributed by atoms with Gasteiger partial charge >= 0.3 is 0 Å². The maximum atomic E-state index is 12.4. The number of fused-ring (bicyclic) bond motifs is 3. The quantitative estimate of drug-likeness (QED) is 0.923. The number of hydrogen-bond acceptors (Lipinski definition) is 2. The van der Waals surface area contributed by atoms with Crippen molar-refractivity contribution in [2.45, 2.75) is 44.6 Å². The van der Waals surface area contributed by atoms with Crippen LogP contribution in [0.4, 0.5) is 0 Å². The predicted octanol–water partition coefficient (Wildman–Crippen LogP) is 3.45. The Morgan fingerprint density at radius 3 is 2.90 bits per heavy atom. The van der Waals surface area contributed by atoms with Gasteiger partial charge in [-0.1, -0.05) is 24.6 Å². The van der Waals surface area contributed by atoms with E-state index in [2.05, 4.69) is 11.4 Å². The zero-order chi connectivity index (χ0) is 14.2. The van der Waals surface area contributed by atoms with E-state index in [-0.39, 0.29) is 11.9 Å². The second kappa shape index (κ2) is 5.36. The number of amides is 1. The summed E-state index contributed by atoms with van der Waals surface area (Å²) in [4.78, 5) is 12.4. The highest BCUT2D eigenvalue weighted by molar-refractivity contribution is 5.77. The number of carbonyl (C=O) groups excluding carboxylic acids is 1. The number of para-hydroxylation sites is 1. The molecule has 4 atom stereocenters. The molecule has 4 unspecified atom stereocenters. The van der Waals surface area contributed by atoms with Gasteiger partial charge in [-0.3, -0.25) is 4.79 Å². The summed E-state index contributed by atoms with van der Waals surface area (Å²) in [5.41, 5.74) is 1.13. The van der Waals surface area contributed by atoms with Crippen molar-refractivity contribution in [2.75, 3.05) is 6.61 Å². The van der Waals surface area contributed by atoms with Crippen molar-refractivity contribution < 1.29 is 9.53 Å². The molecule has 0 saturated heterocycles. The maximum absolute atomic E-state index is 12.4. The Kier molecular flexibility index (Phi) is 3.36. The van der Waals surface area contributed by atoms with Crippen LogP contribution < -0.4 is 10.1 Å². The first-order valence-corrected chi connectivity index (χ1v) is 8.30.